The first-order valence-electron chi connectivity index (χ1n) is 13.2. The molecule has 14 nitrogen and oxygen atoms in total. The van der Waals surface area contributed by atoms with Crippen LogP contribution in [0.2, 0.25) is 0 Å². The van der Waals surface area contributed by atoms with Crippen LogP contribution in [-0.4, -0.2) is 103 Å². The van der Waals surface area contributed by atoms with E-state index in [4.69, 9.17) is 0 Å². The fourth-order valence-electron chi connectivity index (χ4n) is 4.75. The standard InChI is InChI=1S/C30H38N2O12/c1-17(21(35)31(9-11-33)27(3,4)5)13-29(25(41)42)15-20(24(39)40)30(26(43)44,16-19(29)23(37)38)14-18(2)22(36)32(10-12-34)28(6,7)8/h11-16H,9-10H2,1-8H3,(H,37,38)(H,39,40)(H,41,42)(H,43,44). The molecule has 44 heavy (non-hydrogen) atoms. The molecule has 0 aromatic heterocycles. The highest BCUT2D eigenvalue weighted by Crippen LogP contribution is 2.47. The minimum atomic E-state index is -2.87. The molecule has 0 radical (unpaired) electrons. The Bertz CT molecular complexity index is 1300. The van der Waals surface area contributed by atoms with Gasteiger partial charge < -0.3 is 39.8 Å². The number of hydrogen-bond donors (Lipinski definition) is 4. The highest BCUT2D eigenvalue weighted by molar-refractivity contribution is 6.09. The van der Waals surface area contributed by atoms with Gasteiger partial charge in [-0.1, -0.05) is 12.2 Å². The Balaban J connectivity index is 4.23. The van der Waals surface area contributed by atoms with Gasteiger partial charge in [-0.25, -0.2) is 9.59 Å². The number of hydrogen-bond acceptors (Lipinski definition) is 8. The van der Waals surface area contributed by atoms with E-state index in [0.29, 0.717) is 36.9 Å². The molecule has 0 saturated heterocycles. The molecule has 0 aromatic rings. The van der Waals surface area contributed by atoms with Gasteiger partial charge in [-0.05, 0) is 67.5 Å². The molecule has 1 aliphatic rings. The van der Waals surface area contributed by atoms with Crippen LogP contribution in [0.4, 0.5) is 0 Å². The zero-order chi connectivity index (χ0) is 34.6. The molecule has 0 bridgehead atoms. The molecule has 0 heterocycles. The van der Waals surface area contributed by atoms with Crippen molar-refractivity contribution in [2.45, 2.75) is 66.5 Å². The average Bonchev–Trinajstić information content (AvgIpc) is 2.88. The Hall–Kier alpha value is -4.88. The van der Waals surface area contributed by atoms with Crippen LogP contribution in [0.25, 0.3) is 0 Å². The van der Waals surface area contributed by atoms with Gasteiger partial charge in [0.1, 0.15) is 23.4 Å². The van der Waals surface area contributed by atoms with Crippen molar-refractivity contribution in [2.24, 2.45) is 10.8 Å². The van der Waals surface area contributed by atoms with E-state index >= 15 is 0 Å². The smallest absolute Gasteiger partial charge is 0.333 e. The van der Waals surface area contributed by atoms with Crippen molar-refractivity contribution in [1.82, 2.24) is 9.80 Å². The lowest BCUT2D eigenvalue weighted by Crippen LogP contribution is -2.48. The number of amides is 2. The van der Waals surface area contributed by atoms with Gasteiger partial charge in [0.2, 0.25) is 11.8 Å². The molecular weight excluding hydrogens is 580 g/mol. The minimum absolute atomic E-state index is 0.378. The SMILES string of the molecule is CC(=CC1(C(=O)O)C=C(C(=O)O)C(C=C(C)C(=O)N(CC=O)C(C)(C)C)(C(=O)O)C=C1C(=O)O)C(=O)N(CC=O)C(C)(C)C. The zero-order valence-electron chi connectivity index (χ0n) is 25.8. The first-order valence-corrected chi connectivity index (χ1v) is 13.2. The number of carboxylic acid groups (broad SMARTS) is 4. The lowest BCUT2D eigenvalue weighted by molar-refractivity contribution is -0.148. The highest BCUT2D eigenvalue weighted by atomic mass is 16.4. The van der Waals surface area contributed by atoms with Crippen LogP contribution in [0.1, 0.15) is 55.4 Å². The highest BCUT2D eigenvalue weighted by Gasteiger charge is 2.55. The summed E-state index contributed by atoms with van der Waals surface area (Å²) in [5, 5.41) is 40.9. The van der Waals surface area contributed by atoms with E-state index in [1.165, 1.54) is 0 Å². The van der Waals surface area contributed by atoms with Crippen molar-refractivity contribution in [2.75, 3.05) is 13.1 Å². The predicted molar refractivity (Wildman–Crippen MR) is 154 cm³/mol. The van der Waals surface area contributed by atoms with Crippen LogP contribution in [-0.2, 0) is 38.4 Å². The topological polar surface area (TPSA) is 224 Å². The number of aliphatic carboxylic acids is 4. The van der Waals surface area contributed by atoms with Crippen LogP contribution >= 0.6 is 0 Å². The second kappa shape index (κ2) is 13.2. The third-order valence-corrected chi connectivity index (χ3v) is 6.99. The predicted octanol–water partition coefficient (Wildman–Crippen LogP) is 1.71. The van der Waals surface area contributed by atoms with Crippen molar-refractivity contribution in [3.63, 3.8) is 0 Å². The van der Waals surface area contributed by atoms with E-state index < -0.39 is 81.8 Å². The van der Waals surface area contributed by atoms with E-state index in [1.54, 1.807) is 41.5 Å². The zero-order valence-corrected chi connectivity index (χ0v) is 25.8. The summed E-state index contributed by atoms with van der Waals surface area (Å²) in [6.45, 7) is 11.0. The second-order valence-corrected chi connectivity index (χ2v) is 12.2. The van der Waals surface area contributed by atoms with Crippen LogP contribution in [0.3, 0.4) is 0 Å². The molecule has 2 atom stereocenters. The van der Waals surface area contributed by atoms with Crippen LogP contribution in [0.15, 0.2) is 46.6 Å². The molecule has 1 rings (SSSR count). The lowest BCUT2D eigenvalue weighted by Gasteiger charge is -2.38. The monoisotopic (exact) mass is 618 g/mol. The van der Waals surface area contributed by atoms with E-state index in [-0.39, 0.29) is 11.1 Å². The molecule has 0 aliphatic heterocycles. The minimum Gasteiger partial charge on any atom is -0.480 e. The average molecular weight is 619 g/mol. The largest absolute Gasteiger partial charge is 0.480 e. The molecule has 0 spiro atoms. The summed E-state index contributed by atoms with van der Waals surface area (Å²) in [4.78, 5) is 102. The summed E-state index contributed by atoms with van der Waals surface area (Å²) < 4.78 is 0. The molecule has 0 fully saturated rings. The van der Waals surface area contributed by atoms with Crippen LogP contribution in [0.5, 0.6) is 0 Å². The first-order chi connectivity index (χ1) is 19.9. The van der Waals surface area contributed by atoms with Crippen LogP contribution < -0.4 is 0 Å². The van der Waals surface area contributed by atoms with Crippen molar-refractivity contribution < 1.29 is 58.8 Å². The number of carbonyl (C=O) groups is 8. The maximum absolute atomic E-state index is 13.3. The van der Waals surface area contributed by atoms with Gasteiger partial charge in [0, 0.05) is 22.2 Å². The number of nitrogens with zero attached hydrogens (tertiary/aromatic N) is 2. The molecule has 0 saturated carbocycles. The fraction of sp³-hybridized carbons (Fsp3) is 0.467. The molecular formula is C30H38N2O12. The van der Waals surface area contributed by atoms with Gasteiger partial charge in [-0.2, -0.15) is 0 Å². The Morgan fingerprint density at radius 3 is 1.09 bits per heavy atom. The Morgan fingerprint density at radius 1 is 0.636 bits per heavy atom. The van der Waals surface area contributed by atoms with Crippen molar-refractivity contribution >= 4 is 48.3 Å². The van der Waals surface area contributed by atoms with E-state index in [0.717, 1.165) is 23.6 Å². The number of carbonyl (C=O) groups excluding carboxylic acids is 4. The number of aldehydes is 2. The normalized spacial score (nSPS) is 20.9. The maximum atomic E-state index is 13.3. The summed E-state index contributed by atoms with van der Waals surface area (Å²) >= 11 is 0. The first kappa shape index (κ1) is 37.1. The van der Waals surface area contributed by atoms with E-state index in [9.17, 15) is 58.8 Å². The lowest BCUT2D eigenvalue weighted by atomic mass is 9.64. The second-order valence-electron chi connectivity index (χ2n) is 12.2. The van der Waals surface area contributed by atoms with Gasteiger partial charge >= 0.3 is 23.9 Å². The molecule has 2 unspecified atom stereocenters. The Labute approximate surface area is 254 Å². The number of rotatable bonds is 12. The van der Waals surface area contributed by atoms with Gasteiger partial charge in [-0.15, -0.1) is 0 Å². The van der Waals surface area contributed by atoms with Gasteiger partial charge in [0.05, 0.1) is 24.2 Å². The molecule has 14 heteroatoms. The van der Waals surface area contributed by atoms with E-state index in [1.807, 2.05) is 0 Å². The third kappa shape index (κ3) is 7.36. The summed E-state index contributed by atoms with van der Waals surface area (Å²) in [5.74, 6) is -9.54. The van der Waals surface area contributed by atoms with Gasteiger partial charge in [-0.3, -0.25) is 19.2 Å². The van der Waals surface area contributed by atoms with Crippen molar-refractivity contribution in [3.8, 4) is 0 Å². The summed E-state index contributed by atoms with van der Waals surface area (Å²) in [6.07, 6.45) is 3.05. The Kier molecular flexibility index (Phi) is 11.1. The third-order valence-electron chi connectivity index (χ3n) is 6.99. The molecule has 4 N–H and O–H groups in total. The molecule has 0 aromatic carbocycles. The summed E-state index contributed by atoms with van der Waals surface area (Å²) in [5.41, 5.74) is -10.6. The fourth-order valence-corrected chi connectivity index (χ4v) is 4.75. The van der Waals surface area contributed by atoms with Gasteiger partial charge in [0.25, 0.3) is 0 Å². The molecule has 1 aliphatic carbocycles. The van der Waals surface area contributed by atoms with Gasteiger partial charge in [0.15, 0.2) is 0 Å². The summed E-state index contributed by atoms with van der Waals surface area (Å²) in [6, 6.07) is 0. The quantitative estimate of drug-likeness (QED) is 0.181. The molecule has 2 amide bonds. The number of carboxylic acids is 4. The maximum Gasteiger partial charge on any atom is 0.333 e. The Morgan fingerprint density at radius 2 is 0.909 bits per heavy atom. The van der Waals surface area contributed by atoms with Crippen molar-refractivity contribution in [1.29, 1.82) is 0 Å². The van der Waals surface area contributed by atoms with E-state index in [2.05, 4.69) is 0 Å². The van der Waals surface area contributed by atoms with Crippen molar-refractivity contribution in [3.05, 3.63) is 46.6 Å². The summed E-state index contributed by atoms with van der Waals surface area (Å²) in [7, 11) is 0. The molecule has 240 valence electrons. The van der Waals surface area contributed by atoms with Crippen LogP contribution in [0, 0.1) is 10.8 Å².